The lowest BCUT2D eigenvalue weighted by Crippen LogP contribution is -2.16. The van der Waals surface area contributed by atoms with Crippen LogP contribution in [-0.4, -0.2) is 17.1 Å². The van der Waals surface area contributed by atoms with Gasteiger partial charge >= 0.3 is 0 Å². The van der Waals surface area contributed by atoms with E-state index in [9.17, 15) is 4.39 Å². The lowest BCUT2D eigenvalue weighted by Gasteiger charge is -2.17. The largest absolute Gasteiger partial charge is 0.497 e. The van der Waals surface area contributed by atoms with Crippen molar-refractivity contribution in [2.75, 3.05) is 7.11 Å². The third-order valence-electron chi connectivity index (χ3n) is 2.82. The van der Waals surface area contributed by atoms with Crippen molar-refractivity contribution in [2.24, 2.45) is 0 Å². The Balaban J connectivity index is 2.55. The molecular weight excluding hydrogens is 323 g/mol. The Labute approximate surface area is 126 Å². The van der Waals surface area contributed by atoms with Crippen molar-refractivity contribution in [1.29, 1.82) is 0 Å². The Morgan fingerprint density at radius 3 is 2.40 bits per heavy atom. The Bertz CT molecular complexity index is 638. The molecule has 0 unspecified atom stereocenters. The van der Waals surface area contributed by atoms with Crippen molar-refractivity contribution >= 4 is 15.9 Å². The molecule has 0 saturated carbocycles. The van der Waals surface area contributed by atoms with E-state index in [1.807, 2.05) is 20.8 Å². The first kappa shape index (κ1) is 14.9. The molecule has 106 valence electrons. The Kier molecular flexibility index (Phi) is 4.09. The van der Waals surface area contributed by atoms with E-state index in [0.717, 1.165) is 0 Å². The summed E-state index contributed by atoms with van der Waals surface area (Å²) in [7, 11) is 1.51. The van der Waals surface area contributed by atoms with E-state index in [-0.39, 0.29) is 11.2 Å². The number of aromatic nitrogens is 2. The van der Waals surface area contributed by atoms with Crippen molar-refractivity contribution in [3.05, 3.63) is 40.5 Å². The van der Waals surface area contributed by atoms with Crippen molar-refractivity contribution in [3.63, 3.8) is 0 Å². The average Bonchev–Trinajstić information content (AvgIpc) is 2.36. The fourth-order valence-corrected chi connectivity index (χ4v) is 2.11. The SMILES string of the molecule is COc1ccc(-c2cc(Br)nc(C(C)(C)C)n2)c(F)c1. The zero-order valence-corrected chi connectivity index (χ0v) is 13.5. The molecule has 1 aromatic heterocycles. The van der Waals surface area contributed by atoms with Crippen molar-refractivity contribution in [1.82, 2.24) is 9.97 Å². The summed E-state index contributed by atoms with van der Waals surface area (Å²) in [5.41, 5.74) is 0.776. The number of hydrogen-bond acceptors (Lipinski definition) is 3. The molecule has 0 aliphatic heterocycles. The standard InChI is InChI=1S/C15H16BrFN2O/c1-15(2,3)14-18-12(8-13(16)19-14)10-6-5-9(20-4)7-11(10)17/h5-8H,1-4H3. The molecule has 0 radical (unpaired) electrons. The second-order valence-corrected chi connectivity index (χ2v) is 6.31. The predicted molar refractivity (Wildman–Crippen MR) is 80.4 cm³/mol. The van der Waals surface area contributed by atoms with Gasteiger partial charge in [0.15, 0.2) is 0 Å². The fourth-order valence-electron chi connectivity index (χ4n) is 1.72. The summed E-state index contributed by atoms with van der Waals surface area (Å²) in [4.78, 5) is 8.82. The number of methoxy groups -OCH3 is 1. The van der Waals surface area contributed by atoms with E-state index in [1.54, 1.807) is 18.2 Å². The van der Waals surface area contributed by atoms with Crippen molar-refractivity contribution in [3.8, 4) is 17.0 Å². The highest BCUT2D eigenvalue weighted by Gasteiger charge is 2.20. The van der Waals surface area contributed by atoms with Crippen LogP contribution in [0.15, 0.2) is 28.9 Å². The van der Waals surface area contributed by atoms with Crippen LogP contribution in [0.1, 0.15) is 26.6 Å². The Hall–Kier alpha value is -1.49. The van der Waals surface area contributed by atoms with E-state index in [1.165, 1.54) is 13.2 Å². The Morgan fingerprint density at radius 1 is 1.15 bits per heavy atom. The van der Waals surface area contributed by atoms with Gasteiger partial charge in [-0.3, -0.25) is 0 Å². The molecule has 0 aliphatic rings. The molecule has 0 spiro atoms. The minimum Gasteiger partial charge on any atom is -0.497 e. The van der Waals surface area contributed by atoms with Gasteiger partial charge in [-0.05, 0) is 34.1 Å². The summed E-state index contributed by atoms with van der Waals surface area (Å²) in [5, 5.41) is 0. The Morgan fingerprint density at radius 2 is 1.85 bits per heavy atom. The van der Waals surface area contributed by atoms with Gasteiger partial charge in [-0.1, -0.05) is 20.8 Å². The first-order valence-electron chi connectivity index (χ1n) is 6.20. The number of hydrogen-bond donors (Lipinski definition) is 0. The number of benzene rings is 1. The van der Waals surface area contributed by atoms with E-state index in [2.05, 4.69) is 25.9 Å². The highest BCUT2D eigenvalue weighted by atomic mass is 79.9. The van der Waals surface area contributed by atoms with Gasteiger partial charge in [-0.25, -0.2) is 14.4 Å². The molecule has 0 N–H and O–H groups in total. The van der Waals surface area contributed by atoms with Crippen LogP contribution in [0.5, 0.6) is 5.75 Å². The van der Waals surface area contributed by atoms with Crippen LogP contribution in [0, 0.1) is 5.82 Å². The van der Waals surface area contributed by atoms with Gasteiger partial charge in [-0.2, -0.15) is 0 Å². The molecule has 1 heterocycles. The van der Waals surface area contributed by atoms with Gasteiger partial charge in [0.25, 0.3) is 0 Å². The van der Waals surface area contributed by atoms with E-state index >= 15 is 0 Å². The molecule has 5 heteroatoms. The zero-order valence-electron chi connectivity index (χ0n) is 11.9. The van der Waals surface area contributed by atoms with Crippen LogP contribution < -0.4 is 4.74 Å². The molecule has 0 fully saturated rings. The average molecular weight is 339 g/mol. The second kappa shape index (κ2) is 5.48. The molecule has 0 saturated heterocycles. The lowest BCUT2D eigenvalue weighted by molar-refractivity contribution is 0.411. The molecular formula is C15H16BrFN2O. The number of nitrogens with zero attached hydrogens (tertiary/aromatic N) is 2. The molecule has 2 aromatic rings. The normalized spacial score (nSPS) is 11.5. The quantitative estimate of drug-likeness (QED) is 0.763. The van der Waals surface area contributed by atoms with Crippen LogP contribution in [0.2, 0.25) is 0 Å². The van der Waals surface area contributed by atoms with Crippen LogP contribution in [0.25, 0.3) is 11.3 Å². The van der Waals surface area contributed by atoms with Crippen LogP contribution in [0.3, 0.4) is 0 Å². The first-order chi connectivity index (χ1) is 9.31. The van der Waals surface area contributed by atoms with Crippen LogP contribution in [-0.2, 0) is 5.41 Å². The molecule has 3 nitrogen and oxygen atoms in total. The second-order valence-electron chi connectivity index (χ2n) is 5.50. The summed E-state index contributed by atoms with van der Waals surface area (Å²) in [5.74, 6) is 0.780. The molecule has 0 bridgehead atoms. The third kappa shape index (κ3) is 3.15. The first-order valence-corrected chi connectivity index (χ1v) is 6.99. The zero-order chi connectivity index (χ0) is 14.9. The minimum absolute atomic E-state index is 0.207. The van der Waals surface area contributed by atoms with E-state index < -0.39 is 0 Å². The van der Waals surface area contributed by atoms with Crippen molar-refractivity contribution < 1.29 is 9.13 Å². The number of ether oxygens (including phenoxy) is 1. The molecule has 2 rings (SSSR count). The smallest absolute Gasteiger partial charge is 0.136 e. The van der Waals surface area contributed by atoms with Crippen molar-refractivity contribution in [2.45, 2.75) is 26.2 Å². The highest BCUT2D eigenvalue weighted by molar-refractivity contribution is 9.10. The molecule has 0 atom stereocenters. The number of rotatable bonds is 2. The summed E-state index contributed by atoms with van der Waals surface area (Å²) < 4.78 is 19.8. The molecule has 0 aliphatic carbocycles. The van der Waals surface area contributed by atoms with E-state index in [4.69, 9.17) is 4.74 Å². The topological polar surface area (TPSA) is 35.0 Å². The van der Waals surface area contributed by atoms with Gasteiger partial charge in [-0.15, -0.1) is 0 Å². The van der Waals surface area contributed by atoms with E-state index in [0.29, 0.717) is 27.4 Å². The summed E-state index contributed by atoms with van der Waals surface area (Å²) >= 11 is 3.36. The van der Waals surface area contributed by atoms with Gasteiger partial charge in [0.1, 0.15) is 22.0 Å². The maximum Gasteiger partial charge on any atom is 0.136 e. The van der Waals surface area contributed by atoms with Gasteiger partial charge < -0.3 is 4.74 Å². The molecule has 1 aromatic carbocycles. The van der Waals surface area contributed by atoms with Gasteiger partial charge in [0.2, 0.25) is 0 Å². The predicted octanol–water partition coefficient (Wildman–Crippen LogP) is 4.35. The monoisotopic (exact) mass is 338 g/mol. The van der Waals surface area contributed by atoms with Crippen LogP contribution >= 0.6 is 15.9 Å². The fraction of sp³-hybridized carbons (Fsp3) is 0.333. The number of halogens is 2. The van der Waals surface area contributed by atoms with Crippen LogP contribution in [0.4, 0.5) is 4.39 Å². The highest BCUT2D eigenvalue weighted by Crippen LogP contribution is 2.28. The van der Waals surface area contributed by atoms with Gasteiger partial charge in [0.05, 0.1) is 12.8 Å². The summed E-state index contributed by atoms with van der Waals surface area (Å²) in [6, 6.07) is 6.43. The lowest BCUT2D eigenvalue weighted by atomic mass is 9.95. The summed E-state index contributed by atoms with van der Waals surface area (Å²) in [6.45, 7) is 6.05. The van der Waals surface area contributed by atoms with Gasteiger partial charge in [0, 0.05) is 17.0 Å². The maximum absolute atomic E-state index is 14.1. The third-order valence-corrected chi connectivity index (χ3v) is 3.22. The molecule has 0 amide bonds. The molecule has 20 heavy (non-hydrogen) atoms. The minimum atomic E-state index is -0.366. The maximum atomic E-state index is 14.1. The summed E-state index contributed by atoms with van der Waals surface area (Å²) in [6.07, 6.45) is 0.